The van der Waals surface area contributed by atoms with E-state index in [1.165, 1.54) is 12.8 Å². The predicted molar refractivity (Wildman–Crippen MR) is 58.4 cm³/mol. The Morgan fingerprint density at radius 1 is 1.38 bits per heavy atom. The van der Waals surface area contributed by atoms with E-state index < -0.39 is 12.7 Å². The van der Waals surface area contributed by atoms with Crippen LogP contribution in [0.25, 0.3) is 0 Å². The molecule has 0 amide bonds. The number of piperidine rings is 1. The molecule has 1 rings (SSSR count). The molecule has 1 aliphatic heterocycles. The summed E-state index contributed by atoms with van der Waals surface area (Å²) in [5, 5.41) is 2.54. The van der Waals surface area contributed by atoms with E-state index in [4.69, 9.17) is 0 Å². The van der Waals surface area contributed by atoms with E-state index in [1.54, 1.807) is 0 Å². The average molecular weight is 238 g/mol. The molecule has 0 aromatic rings. The van der Waals surface area contributed by atoms with Crippen molar-refractivity contribution in [1.82, 2.24) is 10.2 Å². The molecule has 0 aromatic carbocycles. The molecule has 2 unspecified atom stereocenters. The third kappa shape index (κ3) is 5.16. The van der Waals surface area contributed by atoms with Crippen LogP contribution in [0.5, 0.6) is 0 Å². The van der Waals surface area contributed by atoms with Crippen LogP contribution in [0.15, 0.2) is 0 Å². The highest BCUT2D eigenvalue weighted by Gasteiger charge is 2.28. The summed E-state index contributed by atoms with van der Waals surface area (Å²) in [4.78, 5) is 2.26. The Labute approximate surface area is 95.2 Å². The summed E-state index contributed by atoms with van der Waals surface area (Å²) in [7, 11) is 2.06. The first-order valence-corrected chi connectivity index (χ1v) is 5.89. The number of halogens is 3. The summed E-state index contributed by atoms with van der Waals surface area (Å²) in [6, 6.07) is 0.358. The monoisotopic (exact) mass is 238 g/mol. The van der Waals surface area contributed by atoms with E-state index in [0.29, 0.717) is 6.04 Å². The Bertz CT molecular complexity index is 206. The topological polar surface area (TPSA) is 15.3 Å². The van der Waals surface area contributed by atoms with Crippen LogP contribution >= 0.6 is 0 Å². The van der Waals surface area contributed by atoms with Crippen LogP contribution in [-0.2, 0) is 0 Å². The van der Waals surface area contributed by atoms with Crippen molar-refractivity contribution in [3.63, 3.8) is 0 Å². The Balaban J connectivity index is 2.24. The molecule has 96 valence electrons. The van der Waals surface area contributed by atoms with Gasteiger partial charge in [-0.3, -0.25) is 0 Å². The molecular formula is C11H21F3N2. The molecule has 0 radical (unpaired) electrons. The standard InChI is InChI=1S/C11H21F3N2/c1-9(15-8-11(12,13)14)7-10-5-3-4-6-16(10)2/h9-10,15H,3-8H2,1-2H3. The second-order valence-corrected chi connectivity index (χ2v) is 4.76. The molecule has 5 heteroatoms. The third-order valence-electron chi connectivity index (χ3n) is 3.20. The average Bonchev–Trinajstić information content (AvgIpc) is 2.18. The van der Waals surface area contributed by atoms with Crippen LogP contribution in [0.4, 0.5) is 13.2 Å². The normalized spacial score (nSPS) is 25.7. The summed E-state index contributed by atoms with van der Waals surface area (Å²) in [6.07, 6.45) is 0.201. The van der Waals surface area contributed by atoms with Crippen molar-refractivity contribution in [2.24, 2.45) is 0 Å². The first-order valence-electron chi connectivity index (χ1n) is 5.89. The van der Waals surface area contributed by atoms with Gasteiger partial charge in [-0.05, 0) is 39.8 Å². The van der Waals surface area contributed by atoms with Gasteiger partial charge in [0.1, 0.15) is 0 Å². The van der Waals surface area contributed by atoms with Crippen molar-refractivity contribution in [2.45, 2.75) is 50.9 Å². The Morgan fingerprint density at radius 3 is 2.62 bits per heavy atom. The lowest BCUT2D eigenvalue weighted by Gasteiger charge is -2.34. The fourth-order valence-corrected chi connectivity index (χ4v) is 2.22. The summed E-state index contributed by atoms with van der Waals surface area (Å²) in [5.74, 6) is 0. The fourth-order valence-electron chi connectivity index (χ4n) is 2.22. The van der Waals surface area contributed by atoms with Crippen LogP contribution in [0.3, 0.4) is 0 Å². The minimum absolute atomic E-state index is 0.0767. The number of likely N-dealkylation sites (tertiary alicyclic amines) is 1. The molecule has 1 heterocycles. The first-order chi connectivity index (χ1) is 7.38. The zero-order valence-electron chi connectivity index (χ0n) is 9.98. The van der Waals surface area contributed by atoms with Gasteiger partial charge < -0.3 is 10.2 Å². The zero-order chi connectivity index (χ0) is 12.2. The third-order valence-corrected chi connectivity index (χ3v) is 3.20. The zero-order valence-corrected chi connectivity index (χ0v) is 9.98. The SMILES string of the molecule is CC(CC1CCCCN1C)NCC(F)(F)F. The van der Waals surface area contributed by atoms with Gasteiger partial charge in [-0.1, -0.05) is 6.42 Å². The van der Waals surface area contributed by atoms with Crippen molar-refractivity contribution < 1.29 is 13.2 Å². The largest absolute Gasteiger partial charge is 0.401 e. The van der Waals surface area contributed by atoms with Crippen LogP contribution in [0, 0.1) is 0 Å². The minimum atomic E-state index is -4.10. The number of nitrogens with one attached hydrogen (secondary N) is 1. The van der Waals surface area contributed by atoms with Gasteiger partial charge in [0.25, 0.3) is 0 Å². The molecule has 2 nitrogen and oxygen atoms in total. The van der Waals surface area contributed by atoms with Gasteiger partial charge in [0.15, 0.2) is 0 Å². The number of hydrogen-bond donors (Lipinski definition) is 1. The van der Waals surface area contributed by atoms with Gasteiger partial charge in [-0.2, -0.15) is 13.2 Å². The van der Waals surface area contributed by atoms with Gasteiger partial charge in [-0.25, -0.2) is 0 Å². The van der Waals surface area contributed by atoms with Crippen LogP contribution < -0.4 is 5.32 Å². The van der Waals surface area contributed by atoms with Crippen LogP contribution in [0.2, 0.25) is 0 Å². The molecule has 16 heavy (non-hydrogen) atoms. The maximum atomic E-state index is 12.0. The summed E-state index contributed by atoms with van der Waals surface area (Å²) in [6.45, 7) is 2.01. The van der Waals surface area contributed by atoms with E-state index in [1.807, 2.05) is 6.92 Å². The van der Waals surface area contributed by atoms with E-state index in [0.717, 1.165) is 19.4 Å². The first kappa shape index (κ1) is 13.8. The highest BCUT2D eigenvalue weighted by Crippen LogP contribution is 2.19. The fraction of sp³-hybridized carbons (Fsp3) is 1.00. The smallest absolute Gasteiger partial charge is 0.306 e. The molecule has 0 spiro atoms. The molecular weight excluding hydrogens is 217 g/mol. The van der Waals surface area contributed by atoms with Gasteiger partial charge in [0.2, 0.25) is 0 Å². The Hall–Kier alpha value is -0.290. The number of alkyl halides is 3. The van der Waals surface area contributed by atoms with E-state index >= 15 is 0 Å². The highest BCUT2D eigenvalue weighted by molar-refractivity contribution is 4.78. The second kappa shape index (κ2) is 5.87. The van der Waals surface area contributed by atoms with Gasteiger partial charge >= 0.3 is 6.18 Å². The van der Waals surface area contributed by atoms with Crippen molar-refractivity contribution in [2.75, 3.05) is 20.1 Å². The van der Waals surface area contributed by atoms with Crippen LogP contribution in [-0.4, -0.2) is 43.3 Å². The van der Waals surface area contributed by atoms with E-state index in [9.17, 15) is 13.2 Å². The lowest BCUT2D eigenvalue weighted by atomic mass is 9.97. The molecule has 1 aliphatic rings. The van der Waals surface area contributed by atoms with Gasteiger partial charge in [0.05, 0.1) is 6.54 Å². The van der Waals surface area contributed by atoms with Crippen molar-refractivity contribution >= 4 is 0 Å². The van der Waals surface area contributed by atoms with Crippen molar-refractivity contribution in [3.05, 3.63) is 0 Å². The maximum Gasteiger partial charge on any atom is 0.401 e. The summed E-state index contributed by atoms with van der Waals surface area (Å²) in [5.41, 5.74) is 0. The lowest BCUT2D eigenvalue weighted by molar-refractivity contribution is -0.126. The number of hydrogen-bond acceptors (Lipinski definition) is 2. The molecule has 1 saturated heterocycles. The Kier molecular flexibility index (Phi) is 5.05. The van der Waals surface area contributed by atoms with Crippen molar-refractivity contribution in [1.29, 1.82) is 0 Å². The second-order valence-electron chi connectivity index (χ2n) is 4.76. The molecule has 2 atom stereocenters. The Morgan fingerprint density at radius 2 is 2.06 bits per heavy atom. The molecule has 0 bridgehead atoms. The number of nitrogens with zero attached hydrogens (tertiary/aromatic N) is 1. The highest BCUT2D eigenvalue weighted by atomic mass is 19.4. The molecule has 0 aromatic heterocycles. The van der Waals surface area contributed by atoms with Crippen molar-refractivity contribution in [3.8, 4) is 0 Å². The molecule has 0 saturated carbocycles. The molecule has 1 N–H and O–H groups in total. The van der Waals surface area contributed by atoms with Gasteiger partial charge in [0, 0.05) is 12.1 Å². The maximum absolute atomic E-state index is 12.0. The van der Waals surface area contributed by atoms with E-state index in [-0.39, 0.29) is 6.04 Å². The number of rotatable bonds is 4. The molecule has 0 aliphatic carbocycles. The summed E-state index contributed by atoms with van der Waals surface area (Å²) < 4.78 is 36.0. The summed E-state index contributed by atoms with van der Waals surface area (Å²) >= 11 is 0. The van der Waals surface area contributed by atoms with E-state index in [2.05, 4.69) is 17.3 Å². The lowest BCUT2D eigenvalue weighted by Crippen LogP contribution is -2.43. The van der Waals surface area contributed by atoms with Crippen LogP contribution in [0.1, 0.15) is 32.6 Å². The molecule has 1 fully saturated rings. The predicted octanol–water partition coefficient (Wildman–Crippen LogP) is 2.40. The van der Waals surface area contributed by atoms with Gasteiger partial charge in [-0.15, -0.1) is 0 Å². The minimum Gasteiger partial charge on any atom is -0.306 e. The quantitative estimate of drug-likeness (QED) is 0.809.